The highest BCUT2D eigenvalue weighted by Crippen LogP contribution is 2.21. The van der Waals surface area contributed by atoms with Crippen LogP contribution >= 0.6 is 0 Å². The smallest absolute Gasteiger partial charge is 0.237 e. The minimum atomic E-state index is -0.111. The zero-order chi connectivity index (χ0) is 13.1. The van der Waals surface area contributed by atoms with Gasteiger partial charge in [0.15, 0.2) is 0 Å². The molecule has 2 aromatic rings. The Balaban J connectivity index is 2.20. The number of nitrogen functional groups attached to an aromatic ring is 1. The summed E-state index contributed by atoms with van der Waals surface area (Å²) in [5, 5.41) is 7.22. The van der Waals surface area contributed by atoms with Crippen LogP contribution < -0.4 is 10.5 Å². The van der Waals surface area contributed by atoms with Crippen LogP contribution in [-0.2, 0) is 0 Å². The van der Waals surface area contributed by atoms with Gasteiger partial charge in [-0.3, -0.25) is 5.41 Å². The summed E-state index contributed by atoms with van der Waals surface area (Å²) in [5.41, 5.74) is 7.88. The molecule has 3 N–H and O–H groups in total. The van der Waals surface area contributed by atoms with E-state index < -0.39 is 0 Å². The van der Waals surface area contributed by atoms with Gasteiger partial charge in [0, 0.05) is 0 Å². The molecule has 0 unspecified atom stereocenters. The summed E-state index contributed by atoms with van der Waals surface area (Å²) in [6, 6.07) is 5.92. The molecule has 18 heavy (non-hydrogen) atoms. The van der Waals surface area contributed by atoms with Gasteiger partial charge in [0.25, 0.3) is 0 Å². The summed E-state index contributed by atoms with van der Waals surface area (Å²) in [7, 11) is 0. The van der Waals surface area contributed by atoms with Crippen LogP contribution in [0.2, 0.25) is 0 Å². The van der Waals surface area contributed by atoms with Gasteiger partial charge in [0.05, 0.1) is 12.4 Å². The lowest BCUT2D eigenvalue weighted by atomic mass is 10.1. The molecular formula is C13H14N4O. The van der Waals surface area contributed by atoms with Gasteiger partial charge in [0.2, 0.25) is 5.88 Å². The van der Waals surface area contributed by atoms with Crippen LogP contribution in [0.4, 0.5) is 0 Å². The molecule has 0 amide bonds. The second-order valence-corrected chi connectivity index (χ2v) is 4.08. The molecule has 1 heterocycles. The van der Waals surface area contributed by atoms with E-state index in [4.69, 9.17) is 15.9 Å². The first-order valence-electron chi connectivity index (χ1n) is 5.47. The van der Waals surface area contributed by atoms with Gasteiger partial charge in [-0.2, -0.15) is 0 Å². The summed E-state index contributed by atoms with van der Waals surface area (Å²) in [6.45, 7) is 4.01. The predicted octanol–water partition coefficient (Wildman–Crippen LogP) is 2.17. The van der Waals surface area contributed by atoms with Crippen molar-refractivity contribution in [1.82, 2.24) is 9.97 Å². The highest BCUT2D eigenvalue weighted by atomic mass is 16.5. The number of nitrogens with zero attached hydrogens (tertiary/aromatic N) is 2. The van der Waals surface area contributed by atoms with Crippen molar-refractivity contribution in [3.63, 3.8) is 0 Å². The third-order valence-corrected chi connectivity index (χ3v) is 2.32. The number of rotatable bonds is 3. The molecule has 0 spiro atoms. The van der Waals surface area contributed by atoms with Crippen molar-refractivity contribution in [2.45, 2.75) is 13.8 Å². The van der Waals surface area contributed by atoms with Gasteiger partial charge in [-0.25, -0.2) is 9.97 Å². The Morgan fingerprint density at radius 2 is 1.78 bits per heavy atom. The molecule has 0 atom stereocenters. The predicted molar refractivity (Wildman–Crippen MR) is 69.0 cm³/mol. The molecule has 0 saturated carbocycles. The zero-order valence-electron chi connectivity index (χ0n) is 10.3. The molecular weight excluding hydrogens is 228 g/mol. The van der Waals surface area contributed by atoms with Crippen molar-refractivity contribution in [1.29, 1.82) is 5.41 Å². The van der Waals surface area contributed by atoms with Gasteiger partial charge in [-0.05, 0) is 37.1 Å². The molecule has 5 nitrogen and oxygen atoms in total. The quantitative estimate of drug-likeness (QED) is 0.638. The Bertz CT molecular complexity index is 558. The minimum Gasteiger partial charge on any atom is -0.437 e. The first kappa shape index (κ1) is 12.0. The molecule has 0 saturated heterocycles. The van der Waals surface area contributed by atoms with Crippen LogP contribution in [-0.4, -0.2) is 15.8 Å². The van der Waals surface area contributed by atoms with E-state index in [2.05, 4.69) is 16.0 Å². The van der Waals surface area contributed by atoms with Crippen LogP contribution in [0.1, 0.15) is 16.8 Å². The number of aromatic nitrogens is 2. The topological polar surface area (TPSA) is 84.9 Å². The highest BCUT2D eigenvalue weighted by molar-refractivity contribution is 5.92. The average Bonchev–Trinajstić information content (AvgIpc) is 2.28. The molecule has 1 aromatic heterocycles. The fourth-order valence-electron chi connectivity index (χ4n) is 1.62. The fourth-order valence-corrected chi connectivity index (χ4v) is 1.62. The molecule has 0 radical (unpaired) electrons. The summed E-state index contributed by atoms with van der Waals surface area (Å²) in [4.78, 5) is 8.03. The summed E-state index contributed by atoms with van der Waals surface area (Å²) < 4.78 is 5.59. The van der Waals surface area contributed by atoms with E-state index in [1.54, 1.807) is 0 Å². The fraction of sp³-hybridized carbons (Fsp3) is 0.154. The lowest BCUT2D eigenvalue weighted by Gasteiger charge is -2.06. The zero-order valence-corrected chi connectivity index (χ0v) is 10.3. The van der Waals surface area contributed by atoms with Crippen LogP contribution in [0.3, 0.4) is 0 Å². The normalized spacial score (nSPS) is 10.1. The summed E-state index contributed by atoms with van der Waals surface area (Å²) in [6.07, 6.45) is 2.87. The van der Waals surface area contributed by atoms with Gasteiger partial charge in [0.1, 0.15) is 17.3 Å². The van der Waals surface area contributed by atoms with E-state index in [9.17, 15) is 0 Å². The molecule has 0 aliphatic carbocycles. The van der Waals surface area contributed by atoms with E-state index in [1.165, 1.54) is 12.4 Å². The van der Waals surface area contributed by atoms with Crippen LogP contribution in [0.25, 0.3) is 0 Å². The molecule has 1 aromatic carbocycles. The maximum Gasteiger partial charge on any atom is 0.237 e. The number of nitrogens with two attached hydrogens (primary N) is 1. The van der Waals surface area contributed by atoms with Crippen LogP contribution in [0.15, 0.2) is 30.6 Å². The maximum atomic E-state index is 7.22. The number of ether oxygens (including phenoxy) is 1. The van der Waals surface area contributed by atoms with E-state index in [0.29, 0.717) is 11.6 Å². The van der Waals surface area contributed by atoms with E-state index in [-0.39, 0.29) is 5.84 Å². The van der Waals surface area contributed by atoms with Crippen molar-refractivity contribution < 1.29 is 4.74 Å². The Morgan fingerprint density at radius 1 is 1.11 bits per heavy atom. The van der Waals surface area contributed by atoms with Gasteiger partial charge in [-0.1, -0.05) is 6.07 Å². The third kappa shape index (κ3) is 2.82. The molecule has 2 rings (SSSR count). The third-order valence-electron chi connectivity index (χ3n) is 2.32. The average molecular weight is 242 g/mol. The first-order chi connectivity index (χ1) is 8.54. The summed E-state index contributed by atoms with van der Waals surface area (Å²) >= 11 is 0. The van der Waals surface area contributed by atoms with Crippen molar-refractivity contribution >= 4 is 5.84 Å². The summed E-state index contributed by atoms with van der Waals surface area (Å²) in [5.74, 6) is 0.989. The molecule has 92 valence electrons. The first-order valence-corrected chi connectivity index (χ1v) is 5.47. The molecule has 5 heteroatoms. The monoisotopic (exact) mass is 242 g/mol. The van der Waals surface area contributed by atoms with Gasteiger partial charge in [-0.15, -0.1) is 0 Å². The lowest BCUT2D eigenvalue weighted by molar-refractivity contribution is 0.459. The highest BCUT2D eigenvalue weighted by Gasteiger charge is 2.03. The number of amidine groups is 1. The lowest BCUT2D eigenvalue weighted by Crippen LogP contribution is -2.13. The SMILES string of the molecule is Cc1cc(C)cc(Oc2cnc(C(=N)N)cn2)c1. The Hall–Kier alpha value is -2.43. The molecule has 0 bridgehead atoms. The van der Waals surface area contributed by atoms with Crippen molar-refractivity contribution in [3.05, 3.63) is 47.4 Å². The van der Waals surface area contributed by atoms with Gasteiger partial charge >= 0.3 is 0 Å². The van der Waals surface area contributed by atoms with E-state index in [0.717, 1.165) is 16.9 Å². The van der Waals surface area contributed by atoms with E-state index >= 15 is 0 Å². The number of hydrogen-bond acceptors (Lipinski definition) is 4. The Labute approximate surface area is 105 Å². The second-order valence-electron chi connectivity index (χ2n) is 4.08. The maximum absolute atomic E-state index is 7.22. The van der Waals surface area contributed by atoms with E-state index in [1.807, 2.05) is 26.0 Å². The second kappa shape index (κ2) is 4.83. The molecule has 0 fully saturated rings. The standard InChI is InChI=1S/C13H14N4O/c1-8-3-9(2)5-10(4-8)18-12-7-16-11(6-17-12)13(14)15/h3-7H,1-2H3,(H3,14,15). The molecule has 0 aliphatic rings. The van der Waals surface area contributed by atoms with Gasteiger partial charge < -0.3 is 10.5 Å². The molecule has 0 aliphatic heterocycles. The number of nitrogens with one attached hydrogen (secondary N) is 1. The van der Waals surface area contributed by atoms with Crippen LogP contribution in [0.5, 0.6) is 11.6 Å². The Morgan fingerprint density at radius 3 is 2.28 bits per heavy atom. The van der Waals surface area contributed by atoms with Crippen molar-refractivity contribution in [2.75, 3.05) is 0 Å². The Kier molecular flexibility index (Phi) is 3.23. The number of aryl methyl sites for hydroxylation is 2. The van der Waals surface area contributed by atoms with Crippen molar-refractivity contribution in [3.8, 4) is 11.6 Å². The number of benzene rings is 1. The minimum absolute atomic E-state index is 0.111. The van der Waals surface area contributed by atoms with Crippen molar-refractivity contribution in [2.24, 2.45) is 5.73 Å². The number of hydrogen-bond donors (Lipinski definition) is 2. The largest absolute Gasteiger partial charge is 0.437 e. The van der Waals surface area contributed by atoms with Crippen LogP contribution in [0, 0.1) is 19.3 Å².